The van der Waals surface area contributed by atoms with Crippen molar-refractivity contribution in [3.63, 3.8) is 0 Å². The molecule has 0 aromatic heterocycles. The van der Waals surface area contributed by atoms with Crippen LogP contribution in [-0.4, -0.2) is 31.7 Å². The van der Waals surface area contributed by atoms with Crippen LogP contribution >= 0.6 is 0 Å². The summed E-state index contributed by atoms with van der Waals surface area (Å²) in [5.74, 6) is 1.80. The van der Waals surface area contributed by atoms with Crippen molar-refractivity contribution in [3.05, 3.63) is 9.25 Å². The molecule has 2 fully saturated rings. The fourth-order valence-electron chi connectivity index (χ4n) is 4.60. The SMILES string of the molecule is CCO[C](=C1B(CC)C2CCCC1CCC2)[Sn]([CH3])([CH3])[CH3]. The average Bonchev–Trinajstić information content (AvgIpc) is 2.61. The Morgan fingerprint density at radius 1 is 1.10 bits per heavy atom. The number of ether oxygens (including phenoxy) is 1. The van der Waals surface area contributed by atoms with E-state index in [4.69, 9.17) is 4.74 Å². The summed E-state index contributed by atoms with van der Waals surface area (Å²) in [4.78, 5) is 7.61. The predicted molar refractivity (Wildman–Crippen MR) is 93.2 cm³/mol. The topological polar surface area (TPSA) is 9.23 Å². The van der Waals surface area contributed by atoms with Gasteiger partial charge in [0.25, 0.3) is 0 Å². The summed E-state index contributed by atoms with van der Waals surface area (Å²) < 4.78 is 7.86. The van der Waals surface area contributed by atoms with Crippen LogP contribution in [0.4, 0.5) is 0 Å². The molecule has 2 saturated heterocycles. The first-order valence-corrected chi connectivity index (χ1v) is 18.8. The van der Waals surface area contributed by atoms with Gasteiger partial charge in [0.05, 0.1) is 0 Å². The van der Waals surface area contributed by atoms with Crippen LogP contribution in [0.1, 0.15) is 52.4 Å². The first-order chi connectivity index (χ1) is 9.49. The van der Waals surface area contributed by atoms with Crippen LogP contribution in [0.2, 0.25) is 27.0 Å². The molecule has 2 heterocycles. The Hall–Kier alpha value is 0.404. The standard InChI is InChI=1S/C14H24BO.3CH3.Sn/c1-3-15-13-9-5-7-12(8-6-10-13)14(15)11-16-4-2;;;;/h12-13H,3-10H2,1-2H3;3*1H3;. The van der Waals surface area contributed by atoms with E-state index in [0.29, 0.717) is 0 Å². The van der Waals surface area contributed by atoms with Gasteiger partial charge in [-0.2, -0.15) is 0 Å². The van der Waals surface area contributed by atoms with E-state index >= 15 is 0 Å². The quantitative estimate of drug-likeness (QED) is 0.456. The summed E-state index contributed by atoms with van der Waals surface area (Å²) in [5.41, 5.74) is 1.82. The molecule has 2 aliphatic rings. The van der Waals surface area contributed by atoms with Crippen molar-refractivity contribution in [2.24, 2.45) is 5.92 Å². The van der Waals surface area contributed by atoms with E-state index in [2.05, 4.69) is 28.7 Å². The van der Waals surface area contributed by atoms with Crippen molar-refractivity contribution >= 4 is 25.1 Å². The molecule has 0 spiro atoms. The first kappa shape index (κ1) is 16.8. The molecule has 0 aromatic rings. The Balaban J connectivity index is 2.51. The van der Waals surface area contributed by atoms with Gasteiger partial charge in [-0.25, -0.2) is 0 Å². The van der Waals surface area contributed by atoms with E-state index in [-0.39, 0.29) is 0 Å². The van der Waals surface area contributed by atoms with Crippen molar-refractivity contribution < 1.29 is 4.74 Å². The van der Waals surface area contributed by atoms with Gasteiger partial charge in [-0.15, -0.1) is 0 Å². The molecule has 0 aromatic carbocycles. The van der Waals surface area contributed by atoms with E-state index in [1.165, 1.54) is 44.8 Å². The van der Waals surface area contributed by atoms with Gasteiger partial charge in [-0.3, -0.25) is 0 Å². The Bertz CT molecular complexity index is 348. The number of allylic oxidation sites excluding steroid dienone is 1. The third-order valence-electron chi connectivity index (χ3n) is 5.34. The third kappa shape index (κ3) is 3.59. The van der Waals surface area contributed by atoms with E-state index in [1.807, 2.05) is 5.47 Å². The maximum atomic E-state index is 6.31. The van der Waals surface area contributed by atoms with Crippen LogP contribution in [0.3, 0.4) is 0 Å². The van der Waals surface area contributed by atoms with Crippen molar-refractivity contribution in [2.45, 2.75) is 79.3 Å². The Kier molecular flexibility index (Phi) is 5.96. The summed E-state index contributed by atoms with van der Waals surface area (Å²) in [7, 11) is 0. The molecule has 0 atom stereocenters. The normalized spacial score (nSPS) is 29.9. The van der Waals surface area contributed by atoms with E-state index < -0.39 is 18.4 Å². The second-order valence-electron chi connectivity index (χ2n) is 7.80. The Morgan fingerprint density at radius 2 is 1.70 bits per heavy atom. The Morgan fingerprint density at radius 3 is 2.15 bits per heavy atom. The molecule has 0 amide bonds. The van der Waals surface area contributed by atoms with E-state index in [9.17, 15) is 0 Å². The molecule has 2 aliphatic heterocycles. The number of hydrogen-bond acceptors (Lipinski definition) is 1. The van der Waals surface area contributed by atoms with Gasteiger partial charge >= 0.3 is 131 Å². The minimum atomic E-state index is -2.16. The fraction of sp³-hybridized carbons (Fsp3) is 0.882. The second-order valence-corrected chi connectivity index (χ2v) is 21.9. The Labute approximate surface area is 130 Å². The van der Waals surface area contributed by atoms with Crippen molar-refractivity contribution in [1.29, 1.82) is 0 Å². The molecule has 2 bridgehead atoms. The summed E-state index contributed by atoms with van der Waals surface area (Å²) in [5, 5.41) is 0. The molecule has 3 heteroatoms. The van der Waals surface area contributed by atoms with Crippen LogP contribution in [0.25, 0.3) is 0 Å². The molecule has 20 heavy (non-hydrogen) atoms. The van der Waals surface area contributed by atoms with Crippen molar-refractivity contribution in [2.75, 3.05) is 6.61 Å². The minimum absolute atomic E-state index is 0.836. The summed E-state index contributed by atoms with van der Waals surface area (Å²) in [6.45, 7) is 6.28. The van der Waals surface area contributed by atoms with Crippen molar-refractivity contribution in [1.82, 2.24) is 0 Å². The monoisotopic (exact) mass is 384 g/mol. The molecule has 114 valence electrons. The average molecular weight is 383 g/mol. The van der Waals surface area contributed by atoms with Gasteiger partial charge in [-0.05, 0) is 0 Å². The molecule has 0 aliphatic carbocycles. The number of fused-ring (bicyclic) bond motifs is 3. The zero-order valence-electron chi connectivity index (χ0n) is 14.3. The number of hydrogen-bond donors (Lipinski definition) is 0. The molecule has 0 unspecified atom stereocenters. The zero-order chi connectivity index (χ0) is 14.8. The van der Waals surface area contributed by atoms with Crippen LogP contribution in [0.15, 0.2) is 9.25 Å². The van der Waals surface area contributed by atoms with Gasteiger partial charge in [0.1, 0.15) is 0 Å². The van der Waals surface area contributed by atoms with Gasteiger partial charge in [0.2, 0.25) is 0 Å². The number of rotatable bonds is 4. The van der Waals surface area contributed by atoms with Crippen LogP contribution in [-0.2, 0) is 4.74 Å². The van der Waals surface area contributed by atoms with Gasteiger partial charge in [0.15, 0.2) is 0 Å². The zero-order valence-corrected chi connectivity index (χ0v) is 17.2. The van der Waals surface area contributed by atoms with Gasteiger partial charge in [0, 0.05) is 0 Å². The van der Waals surface area contributed by atoms with E-state index in [1.54, 1.807) is 3.78 Å². The van der Waals surface area contributed by atoms with Crippen LogP contribution in [0, 0.1) is 5.92 Å². The van der Waals surface area contributed by atoms with Crippen molar-refractivity contribution in [3.8, 4) is 0 Å². The molecule has 0 saturated carbocycles. The van der Waals surface area contributed by atoms with Gasteiger partial charge < -0.3 is 0 Å². The molecule has 1 nitrogen and oxygen atoms in total. The van der Waals surface area contributed by atoms with Gasteiger partial charge in [-0.1, -0.05) is 0 Å². The molecule has 2 rings (SSSR count). The maximum absolute atomic E-state index is 6.31. The predicted octanol–water partition coefficient (Wildman–Crippen LogP) is 5.56. The second kappa shape index (κ2) is 7.11. The third-order valence-corrected chi connectivity index (χ3v) is 10.5. The molecule has 0 radical (unpaired) electrons. The van der Waals surface area contributed by atoms with Crippen LogP contribution < -0.4 is 0 Å². The summed E-state index contributed by atoms with van der Waals surface area (Å²) >= 11 is -2.16. The molecule has 0 N–H and O–H groups in total. The summed E-state index contributed by atoms with van der Waals surface area (Å²) in [6, 6.07) is 0. The molecular weight excluding hydrogens is 350 g/mol. The summed E-state index contributed by atoms with van der Waals surface area (Å²) in [6.07, 6.45) is 10.0. The molecular formula is C17H33BOSn. The van der Waals surface area contributed by atoms with E-state index in [0.717, 1.165) is 25.1 Å². The fourth-order valence-corrected chi connectivity index (χ4v) is 9.83. The first-order valence-electron chi connectivity index (χ1n) is 8.86. The van der Waals surface area contributed by atoms with Crippen LogP contribution in [0.5, 0.6) is 0 Å².